The highest BCUT2D eigenvalue weighted by atomic mass is 35.5. The van der Waals surface area contributed by atoms with E-state index in [-0.39, 0.29) is 0 Å². The van der Waals surface area contributed by atoms with Crippen molar-refractivity contribution < 1.29 is 0 Å². The third-order valence-electron chi connectivity index (χ3n) is 3.43. The maximum atomic E-state index is 6.29. The van der Waals surface area contributed by atoms with Gasteiger partial charge in [0.2, 0.25) is 0 Å². The van der Waals surface area contributed by atoms with Crippen molar-refractivity contribution in [2.24, 2.45) is 5.92 Å². The first-order valence-corrected chi connectivity index (χ1v) is 9.33. The fourth-order valence-corrected chi connectivity index (χ4v) is 3.22. The first-order chi connectivity index (χ1) is 9.77. The Labute approximate surface area is 133 Å². The van der Waals surface area contributed by atoms with Gasteiger partial charge in [0.25, 0.3) is 0 Å². The molecule has 1 rings (SSSR count). The van der Waals surface area contributed by atoms with E-state index in [1.165, 1.54) is 36.3 Å². The van der Waals surface area contributed by atoms with Gasteiger partial charge in [-0.05, 0) is 67.8 Å². The molecule has 1 N–H and O–H groups in total. The summed E-state index contributed by atoms with van der Waals surface area (Å²) in [6.45, 7) is 6.67. The Morgan fingerprint density at radius 3 is 2.75 bits per heavy atom. The van der Waals surface area contributed by atoms with E-state index in [1.54, 1.807) is 0 Å². The molecular weight excluding hydrogens is 286 g/mol. The van der Waals surface area contributed by atoms with Crippen LogP contribution in [0.15, 0.2) is 24.3 Å². The van der Waals surface area contributed by atoms with Crippen molar-refractivity contribution in [1.82, 2.24) is 5.32 Å². The Balaban J connectivity index is 2.46. The van der Waals surface area contributed by atoms with Crippen LogP contribution in [0.4, 0.5) is 0 Å². The summed E-state index contributed by atoms with van der Waals surface area (Å²) in [5.41, 5.74) is 1.29. The minimum absolute atomic E-state index is 0.693. The average Bonchev–Trinajstić information content (AvgIpc) is 2.46. The third-order valence-corrected chi connectivity index (χ3v) is 4.79. The summed E-state index contributed by atoms with van der Waals surface area (Å²) in [6.07, 6.45) is 4.88. The molecule has 0 aliphatic heterocycles. The van der Waals surface area contributed by atoms with Crippen LogP contribution < -0.4 is 5.32 Å². The highest BCUT2D eigenvalue weighted by Gasteiger charge is 2.11. The normalized spacial score (nSPS) is 12.6. The summed E-state index contributed by atoms with van der Waals surface area (Å²) in [4.78, 5) is 0. The van der Waals surface area contributed by atoms with Gasteiger partial charge < -0.3 is 5.32 Å². The van der Waals surface area contributed by atoms with E-state index in [0.29, 0.717) is 5.92 Å². The average molecular weight is 314 g/mol. The lowest BCUT2D eigenvalue weighted by Gasteiger charge is -2.18. The number of hydrogen-bond donors (Lipinski definition) is 1. The lowest BCUT2D eigenvalue weighted by molar-refractivity contribution is 0.440. The summed E-state index contributed by atoms with van der Waals surface area (Å²) in [5.74, 6) is 3.20. The summed E-state index contributed by atoms with van der Waals surface area (Å²) >= 11 is 8.33. The van der Waals surface area contributed by atoms with Crippen LogP contribution in [0, 0.1) is 5.92 Å². The largest absolute Gasteiger partial charge is 0.316 e. The van der Waals surface area contributed by atoms with E-state index >= 15 is 0 Å². The molecule has 0 aromatic heterocycles. The van der Waals surface area contributed by atoms with Gasteiger partial charge in [-0.2, -0.15) is 11.8 Å². The molecule has 114 valence electrons. The van der Waals surface area contributed by atoms with Crippen molar-refractivity contribution in [3.8, 4) is 0 Å². The van der Waals surface area contributed by atoms with Crippen molar-refractivity contribution in [3.63, 3.8) is 0 Å². The smallest absolute Gasteiger partial charge is 0.0438 e. The van der Waals surface area contributed by atoms with Crippen LogP contribution in [0.2, 0.25) is 5.02 Å². The zero-order valence-electron chi connectivity index (χ0n) is 12.8. The zero-order chi connectivity index (χ0) is 14.6. The van der Waals surface area contributed by atoms with Gasteiger partial charge in [-0.1, -0.05) is 43.6 Å². The van der Waals surface area contributed by atoms with E-state index in [2.05, 4.69) is 31.3 Å². The number of thioether (sulfide) groups is 1. The Hall–Kier alpha value is -0.180. The molecular formula is C17H28ClNS. The Morgan fingerprint density at radius 1 is 1.25 bits per heavy atom. The minimum Gasteiger partial charge on any atom is -0.316 e. The molecule has 1 unspecified atom stereocenters. The summed E-state index contributed by atoms with van der Waals surface area (Å²) in [6, 6.07) is 8.26. The standard InChI is InChI=1S/C17H28ClNS/c1-3-11-19-14-15(8-7-12-20-4-2)13-16-9-5-6-10-17(16)18/h5-6,9-10,15,19H,3-4,7-8,11-14H2,1-2H3. The number of halogens is 1. The topological polar surface area (TPSA) is 12.0 Å². The molecule has 1 aromatic rings. The molecule has 0 aliphatic carbocycles. The fraction of sp³-hybridized carbons (Fsp3) is 0.647. The van der Waals surface area contributed by atoms with Crippen LogP contribution in [-0.2, 0) is 6.42 Å². The van der Waals surface area contributed by atoms with Crippen LogP contribution in [0.25, 0.3) is 0 Å². The predicted molar refractivity (Wildman–Crippen MR) is 94.0 cm³/mol. The maximum absolute atomic E-state index is 6.29. The van der Waals surface area contributed by atoms with Gasteiger partial charge in [0.15, 0.2) is 0 Å². The first-order valence-electron chi connectivity index (χ1n) is 7.79. The van der Waals surface area contributed by atoms with Crippen molar-refractivity contribution >= 4 is 23.4 Å². The van der Waals surface area contributed by atoms with E-state index in [9.17, 15) is 0 Å². The quantitative estimate of drug-likeness (QED) is 0.575. The van der Waals surface area contributed by atoms with E-state index in [4.69, 9.17) is 11.6 Å². The van der Waals surface area contributed by atoms with Crippen LogP contribution in [0.3, 0.4) is 0 Å². The lowest BCUT2D eigenvalue weighted by atomic mass is 9.95. The molecule has 0 amide bonds. The number of nitrogens with one attached hydrogen (secondary N) is 1. The van der Waals surface area contributed by atoms with Gasteiger partial charge in [-0.25, -0.2) is 0 Å². The van der Waals surface area contributed by atoms with E-state index < -0.39 is 0 Å². The molecule has 0 radical (unpaired) electrons. The highest BCUT2D eigenvalue weighted by Crippen LogP contribution is 2.21. The molecule has 1 aromatic carbocycles. The van der Waals surface area contributed by atoms with Crippen LogP contribution in [0.1, 0.15) is 38.7 Å². The predicted octanol–water partition coefficient (Wildman–Crippen LogP) is 5.03. The van der Waals surface area contributed by atoms with E-state index in [0.717, 1.165) is 24.5 Å². The maximum Gasteiger partial charge on any atom is 0.0438 e. The molecule has 0 aliphatic rings. The van der Waals surface area contributed by atoms with Crippen molar-refractivity contribution in [2.75, 3.05) is 24.6 Å². The number of hydrogen-bond acceptors (Lipinski definition) is 2. The van der Waals surface area contributed by atoms with Crippen molar-refractivity contribution in [1.29, 1.82) is 0 Å². The summed E-state index contributed by atoms with van der Waals surface area (Å²) in [5, 5.41) is 4.48. The SMILES string of the molecule is CCCNCC(CCCSCC)Cc1ccccc1Cl. The third kappa shape index (κ3) is 7.56. The van der Waals surface area contributed by atoms with Gasteiger partial charge in [0, 0.05) is 5.02 Å². The first kappa shape index (κ1) is 17.9. The van der Waals surface area contributed by atoms with Gasteiger partial charge in [-0.15, -0.1) is 0 Å². The summed E-state index contributed by atoms with van der Waals surface area (Å²) in [7, 11) is 0. The highest BCUT2D eigenvalue weighted by molar-refractivity contribution is 7.99. The van der Waals surface area contributed by atoms with Gasteiger partial charge in [-0.3, -0.25) is 0 Å². The molecule has 1 atom stereocenters. The molecule has 0 saturated carbocycles. The monoisotopic (exact) mass is 313 g/mol. The minimum atomic E-state index is 0.693. The molecule has 1 nitrogen and oxygen atoms in total. The number of benzene rings is 1. The van der Waals surface area contributed by atoms with Gasteiger partial charge in [0.1, 0.15) is 0 Å². The molecule has 0 fully saturated rings. The summed E-state index contributed by atoms with van der Waals surface area (Å²) < 4.78 is 0. The Bertz CT molecular complexity index is 357. The molecule has 0 saturated heterocycles. The molecule has 0 spiro atoms. The van der Waals surface area contributed by atoms with Crippen LogP contribution >= 0.6 is 23.4 Å². The second-order valence-electron chi connectivity index (χ2n) is 5.20. The van der Waals surface area contributed by atoms with Gasteiger partial charge in [0.05, 0.1) is 0 Å². The Kier molecular flexibility index (Phi) is 10.3. The fourth-order valence-electron chi connectivity index (χ4n) is 2.35. The zero-order valence-corrected chi connectivity index (χ0v) is 14.4. The lowest BCUT2D eigenvalue weighted by Crippen LogP contribution is -2.25. The molecule has 20 heavy (non-hydrogen) atoms. The molecule has 3 heteroatoms. The second kappa shape index (κ2) is 11.5. The van der Waals surface area contributed by atoms with Crippen molar-refractivity contribution in [3.05, 3.63) is 34.9 Å². The van der Waals surface area contributed by atoms with Crippen molar-refractivity contribution in [2.45, 2.75) is 39.5 Å². The molecule has 0 bridgehead atoms. The second-order valence-corrected chi connectivity index (χ2v) is 7.01. The number of rotatable bonds is 11. The van der Waals surface area contributed by atoms with E-state index in [1.807, 2.05) is 23.9 Å². The van der Waals surface area contributed by atoms with Gasteiger partial charge >= 0.3 is 0 Å². The Morgan fingerprint density at radius 2 is 2.05 bits per heavy atom. The van der Waals surface area contributed by atoms with Crippen LogP contribution in [0.5, 0.6) is 0 Å². The van der Waals surface area contributed by atoms with Crippen LogP contribution in [-0.4, -0.2) is 24.6 Å². The molecule has 0 heterocycles.